The van der Waals surface area contributed by atoms with Gasteiger partial charge in [-0.2, -0.15) is 0 Å². The van der Waals surface area contributed by atoms with E-state index in [-0.39, 0.29) is 12.5 Å². The zero-order valence-electron chi connectivity index (χ0n) is 10.8. The van der Waals surface area contributed by atoms with Crippen LogP contribution in [0, 0.1) is 3.57 Å². The van der Waals surface area contributed by atoms with Gasteiger partial charge in [0.15, 0.2) is 5.75 Å². The fraction of sp³-hybridized carbons (Fsp3) is 0.286. The van der Waals surface area contributed by atoms with E-state index in [2.05, 4.69) is 32.6 Å². The Balaban J connectivity index is 2.33. The summed E-state index contributed by atoms with van der Waals surface area (Å²) in [4.78, 5) is 8.59. The van der Waals surface area contributed by atoms with Crippen molar-refractivity contribution in [2.75, 3.05) is 0 Å². The molecule has 0 aliphatic heterocycles. The first-order valence-corrected chi connectivity index (χ1v) is 7.08. The Morgan fingerprint density at radius 3 is 2.63 bits per heavy atom. The van der Waals surface area contributed by atoms with Gasteiger partial charge in [-0.15, -0.1) is 0 Å². The van der Waals surface area contributed by atoms with E-state index in [1.807, 2.05) is 38.1 Å². The third kappa shape index (κ3) is 3.42. The molecule has 0 unspecified atom stereocenters. The second kappa shape index (κ2) is 6.29. The van der Waals surface area contributed by atoms with Crippen molar-refractivity contribution in [3.05, 3.63) is 45.6 Å². The van der Waals surface area contributed by atoms with Crippen LogP contribution in [0.3, 0.4) is 0 Å². The van der Waals surface area contributed by atoms with Crippen LogP contribution >= 0.6 is 22.6 Å². The van der Waals surface area contributed by atoms with Crippen LogP contribution in [0.4, 0.5) is 0 Å². The second-order valence-electron chi connectivity index (χ2n) is 4.38. The van der Waals surface area contributed by atoms with Gasteiger partial charge in [-0.3, -0.25) is 0 Å². The Labute approximate surface area is 126 Å². The highest BCUT2D eigenvalue weighted by Gasteiger charge is 2.11. The van der Waals surface area contributed by atoms with Gasteiger partial charge >= 0.3 is 0 Å². The number of benzene rings is 1. The van der Waals surface area contributed by atoms with Crippen molar-refractivity contribution in [2.45, 2.75) is 26.4 Å². The molecule has 0 spiro atoms. The Morgan fingerprint density at radius 1 is 1.26 bits per heavy atom. The molecule has 0 bridgehead atoms. The molecule has 0 saturated heterocycles. The smallest absolute Gasteiger partial charge is 0.169 e. The van der Waals surface area contributed by atoms with Crippen molar-refractivity contribution < 1.29 is 9.84 Å². The van der Waals surface area contributed by atoms with Crippen LogP contribution in [-0.2, 0) is 6.61 Å². The van der Waals surface area contributed by atoms with Gasteiger partial charge in [0.25, 0.3) is 0 Å². The summed E-state index contributed by atoms with van der Waals surface area (Å²) in [5.74, 6) is 2.16. The largest absolute Gasteiger partial charge is 0.453 e. The van der Waals surface area contributed by atoms with Crippen LogP contribution in [-0.4, -0.2) is 15.1 Å². The lowest BCUT2D eigenvalue weighted by atomic mass is 10.2. The minimum Gasteiger partial charge on any atom is -0.453 e. The van der Waals surface area contributed by atoms with E-state index >= 15 is 0 Å². The molecule has 2 rings (SSSR count). The van der Waals surface area contributed by atoms with E-state index in [1.165, 1.54) is 0 Å². The Kier molecular flexibility index (Phi) is 4.71. The minimum atomic E-state index is -0.166. The molecule has 1 heterocycles. The van der Waals surface area contributed by atoms with Crippen LogP contribution < -0.4 is 4.74 Å². The number of ether oxygens (including phenoxy) is 1. The van der Waals surface area contributed by atoms with Crippen molar-refractivity contribution in [3.63, 3.8) is 0 Å². The fourth-order valence-electron chi connectivity index (χ4n) is 1.54. The summed E-state index contributed by atoms with van der Waals surface area (Å²) in [7, 11) is 0. The molecule has 0 saturated carbocycles. The van der Waals surface area contributed by atoms with Crippen molar-refractivity contribution in [1.29, 1.82) is 0 Å². The van der Waals surface area contributed by atoms with Crippen molar-refractivity contribution in [2.24, 2.45) is 0 Å². The number of halogens is 1. The van der Waals surface area contributed by atoms with Gasteiger partial charge in [0.05, 0.1) is 16.4 Å². The van der Waals surface area contributed by atoms with Crippen LogP contribution in [0.2, 0.25) is 0 Å². The predicted octanol–water partition coefficient (Wildman–Crippen LogP) is 3.49. The predicted molar refractivity (Wildman–Crippen MR) is 81.3 cm³/mol. The maximum atomic E-state index is 9.40. The standard InChI is InChI=1S/C14H15IN2O2/c1-9(2)14-16-7-13(11(8-18)17-14)19-12-6-4-3-5-10(12)15/h3-7,9,18H,8H2,1-2H3. The minimum absolute atomic E-state index is 0.166. The molecular formula is C14H15IN2O2. The molecular weight excluding hydrogens is 355 g/mol. The molecule has 0 aliphatic carbocycles. The molecule has 100 valence electrons. The van der Waals surface area contributed by atoms with E-state index in [9.17, 15) is 5.11 Å². The molecule has 1 aromatic carbocycles. The number of aliphatic hydroxyl groups excluding tert-OH is 1. The quantitative estimate of drug-likeness (QED) is 0.838. The summed E-state index contributed by atoms with van der Waals surface area (Å²) in [6.45, 7) is 3.86. The lowest BCUT2D eigenvalue weighted by molar-refractivity contribution is 0.269. The molecule has 19 heavy (non-hydrogen) atoms. The van der Waals surface area contributed by atoms with E-state index in [1.54, 1.807) is 6.20 Å². The van der Waals surface area contributed by atoms with Gasteiger partial charge < -0.3 is 9.84 Å². The summed E-state index contributed by atoms with van der Waals surface area (Å²) >= 11 is 2.20. The molecule has 4 nitrogen and oxygen atoms in total. The topological polar surface area (TPSA) is 55.2 Å². The number of rotatable bonds is 4. The van der Waals surface area contributed by atoms with E-state index in [0.717, 1.165) is 9.32 Å². The van der Waals surface area contributed by atoms with Gasteiger partial charge in [0.2, 0.25) is 0 Å². The van der Waals surface area contributed by atoms with Gasteiger partial charge in [-0.05, 0) is 34.7 Å². The number of para-hydroxylation sites is 1. The SMILES string of the molecule is CC(C)c1ncc(Oc2ccccc2I)c(CO)n1. The van der Waals surface area contributed by atoms with Gasteiger partial charge in [0, 0.05) is 5.92 Å². The first kappa shape index (κ1) is 14.2. The van der Waals surface area contributed by atoms with Crippen molar-refractivity contribution >= 4 is 22.6 Å². The van der Waals surface area contributed by atoms with Gasteiger partial charge in [-0.1, -0.05) is 26.0 Å². The monoisotopic (exact) mass is 370 g/mol. The summed E-state index contributed by atoms with van der Waals surface area (Å²) < 4.78 is 6.77. The Bertz CT molecular complexity index is 573. The molecule has 2 aromatic rings. The van der Waals surface area contributed by atoms with Gasteiger partial charge in [-0.25, -0.2) is 9.97 Å². The summed E-state index contributed by atoms with van der Waals surface area (Å²) in [5.41, 5.74) is 0.512. The zero-order valence-corrected chi connectivity index (χ0v) is 13.0. The molecule has 0 amide bonds. The summed E-state index contributed by atoms with van der Waals surface area (Å²) in [5, 5.41) is 9.40. The number of hydrogen-bond donors (Lipinski definition) is 1. The molecule has 0 atom stereocenters. The van der Waals surface area contributed by atoms with Crippen molar-refractivity contribution in [3.8, 4) is 11.5 Å². The number of hydrogen-bond acceptors (Lipinski definition) is 4. The maximum absolute atomic E-state index is 9.40. The average molecular weight is 370 g/mol. The second-order valence-corrected chi connectivity index (χ2v) is 5.55. The van der Waals surface area contributed by atoms with E-state index in [4.69, 9.17) is 4.74 Å². The number of aromatic nitrogens is 2. The normalized spacial score (nSPS) is 10.8. The zero-order chi connectivity index (χ0) is 13.8. The Hall–Kier alpha value is -1.21. The third-order valence-corrected chi connectivity index (χ3v) is 3.46. The highest BCUT2D eigenvalue weighted by Crippen LogP contribution is 2.28. The molecule has 0 aliphatic rings. The first-order chi connectivity index (χ1) is 9.11. The van der Waals surface area contributed by atoms with Gasteiger partial charge in [0.1, 0.15) is 17.3 Å². The maximum Gasteiger partial charge on any atom is 0.169 e. The molecule has 0 radical (unpaired) electrons. The Morgan fingerprint density at radius 2 is 2.00 bits per heavy atom. The third-order valence-electron chi connectivity index (χ3n) is 2.57. The van der Waals surface area contributed by atoms with Crippen LogP contribution in [0.5, 0.6) is 11.5 Å². The summed E-state index contributed by atoms with van der Waals surface area (Å²) in [6, 6.07) is 7.68. The lowest BCUT2D eigenvalue weighted by Crippen LogP contribution is -2.04. The molecule has 5 heteroatoms. The number of aliphatic hydroxyl groups is 1. The highest BCUT2D eigenvalue weighted by molar-refractivity contribution is 14.1. The van der Waals surface area contributed by atoms with Crippen LogP contribution in [0.15, 0.2) is 30.5 Å². The number of nitrogens with zero attached hydrogens (tertiary/aromatic N) is 2. The molecule has 1 N–H and O–H groups in total. The van der Waals surface area contributed by atoms with Crippen LogP contribution in [0.1, 0.15) is 31.3 Å². The van der Waals surface area contributed by atoms with Crippen LogP contribution in [0.25, 0.3) is 0 Å². The highest BCUT2D eigenvalue weighted by atomic mass is 127. The summed E-state index contributed by atoms with van der Waals surface area (Å²) in [6.07, 6.45) is 1.62. The van der Waals surface area contributed by atoms with Crippen molar-refractivity contribution in [1.82, 2.24) is 9.97 Å². The average Bonchev–Trinajstić information content (AvgIpc) is 2.41. The van der Waals surface area contributed by atoms with E-state index in [0.29, 0.717) is 17.3 Å². The van der Waals surface area contributed by atoms with E-state index < -0.39 is 0 Å². The molecule has 0 fully saturated rings. The lowest BCUT2D eigenvalue weighted by Gasteiger charge is -2.12. The molecule has 1 aromatic heterocycles. The fourth-order valence-corrected chi connectivity index (χ4v) is 2.04. The first-order valence-electron chi connectivity index (χ1n) is 6.01.